The molecule has 3 aromatic rings. The molecule has 6 nitrogen and oxygen atoms in total. The second kappa shape index (κ2) is 6.26. The van der Waals surface area contributed by atoms with Gasteiger partial charge in [0, 0.05) is 30.6 Å². The Labute approximate surface area is 128 Å². The number of benzene rings is 1. The van der Waals surface area contributed by atoms with Gasteiger partial charge in [-0.25, -0.2) is 0 Å². The molecule has 0 atom stereocenters. The second-order valence-corrected chi connectivity index (χ2v) is 5.01. The van der Waals surface area contributed by atoms with Crippen LogP contribution >= 0.6 is 0 Å². The van der Waals surface area contributed by atoms with Gasteiger partial charge in [0.1, 0.15) is 6.54 Å². The first kappa shape index (κ1) is 14.1. The number of carbonyl (C=O) groups excluding carboxylic acids is 1. The van der Waals surface area contributed by atoms with Gasteiger partial charge in [0.25, 0.3) is 0 Å². The number of nitrogens with zero attached hydrogens (tertiary/aromatic N) is 4. The van der Waals surface area contributed by atoms with Gasteiger partial charge in [-0.05, 0) is 5.56 Å². The van der Waals surface area contributed by atoms with Crippen LogP contribution in [0.1, 0.15) is 5.56 Å². The lowest BCUT2D eigenvalue weighted by Gasteiger charge is -2.00. The Morgan fingerprint density at radius 2 is 1.68 bits per heavy atom. The molecule has 2 aromatic heterocycles. The predicted octanol–water partition coefficient (Wildman–Crippen LogP) is 1.54. The van der Waals surface area contributed by atoms with E-state index < -0.39 is 0 Å². The van der Waals surface area contributed by atoms with E-state index in [9.17, 15) is 4.79 Å². The van der Waals surface area contributed by atoms with Crippen LogP contribution < -0.4 is 5.32 Å². The summed E-state index contributed by atoms with van der Waals surface area (Å²) >= 11 is 0. The van der Waals surface area contributed by atoms with Crippen molar-refractivity contribution in [3.8, 4) is 11.1 Å². The summed E-state index contributed by atoms with van der Waals surface area (Å²) < 4.78 is 3.50. The summed E-state index contributed by atoms with van der Waals surface area (Å²) in [6, 6.07) is 10.2. The predicted molar refractivity (Wildman–Crippen MR) is 83.1 cm³/mol. The molecule has 0 unspecified atom stereocenters. The third-order valence-electron chi connectivity index (χ3n) is 3.37. The van der Waals surface area contributed by atoms with Crippen LogP contribution in [0.2, 0.25) is 0 Å². The molecule has 3 rings (SSSR count). The molecular weight excluding hydrogens is 278 g/mol. The zero-order valence-corrected chi connectivity index (χ0v) is 12.3. The Morgan fingerprint density at radius 1 is 1.05 bits per heavy atom. The molecule has 6 heteroatoms. The van der Waals surface area contributed by atoms with Gasteiger partial charge < -0.3 is 5.32 Å². The molecule has 0 saturated heterocycles. The van der Waals surface area contributed by atoms with Crippen LogP contribution in [0.15, 0.2) is 55.1 Å². The largest absolute Gasteiger partial charge is 0.358 e. The zero-order valence-electron chi connectivity index (χ0n) is 12.3. The molecule has 0 spiro atoms. The highest BCUT2D eigenvalue weighted by Gasteiger charge is 2.07. The average Bonchev–Trinajstić information content (AvgIpc) is 3.17. The van der Waals surface area contributed by atoms with Crippen LogP contribution in [0.4, 0.5) is 0 Å². The zero-order chi connectivity index (χ0) is 15.4. The number of amides is 1. The molecule has 0 aliphatic heterocycles. The lowest BCUT2D eigenvalue weighted by Crippen LogP contribution is -2.23. The number of nitrogens with one attached hydrogen (secondary N) is 1. The van der Waals surface area contributed by atoms with Crippen LogP contribution in [0.25, 0.3) is 11.1 Å². The Kier molecular flexibility index (Phi) is 4.00. The third-order valence-corrected chi connectivity index (χ3v) is 3.37. The van der Waals surface area contributed by atoms with Crippen molar-refractivity contribution in [2.24, 2.45) is 0 Å². The van der Waals surface area contributed by atoms with Gasteiger partial charge in [0.2, 0.25) is 5.91 Å². The molecule has 22 heavy (non-hydrogen) atoms. The molecule has 2 heterocycles. The maximum absolute atomic E-state index is 11.3. The number of likely N-dealkylation sites (N-methyl/N-ethyl adjacent to an activating group) is 1. The maximum Gasteiger partial charge on any atom is 0.241 e. The van der Waals surface area contributed by atoms with Crippen molar-refractivity contribution < 1.29 is 4.79 Å². The molecular formula is C16H17N5O. The summed E-state index contributed by atoms with van der Waals surface area (Å²) in [6.45, 7) is 0.946. The van der Waals surface area contributed by atoms with Crippen molar-refractivity contribution in [1.82, 2.24) is 24.9 Å². The first-order valence-corrected chi connectivity index (χ1v) is 7.04. The van der Waals surface area contributed by atoms with E-state index in [-0.39, 0.29) is 12.5 Å². The molecule has 1 amide bonds. The highest BCUT2D eigenvalue weighted by Crippen LogP contribution is 2.18. The minimum atomic E-state index is -0.0746. The first-order valence-electron chi connectivity index (χ1n) is 7.04. The molecule has 1 aromatic carbocycles. The summed E-state index contributed by atoms with van der Waals surface area (Å²) in [5.41, 5.74) is 3.13. The van der Waals surface area contributed by atoms with Crippen molar-refractivity contribution in [3.63, 3.8) is 0 Å². The van der Waals surface area contributed by atoms with Gasteiger partial charge in [0.05, 0.1) is 18.9 Å². The van der Waals surface area contributed by atoms with Crippen LogP contribution in [0, 0.1) is 0 Å². The van der Waals surface area contributed by atoms with E-state index >= 15 is 0 Å². The average molecular weight is 295 g/mol. The van der Waals surface area contributed by atoms with Crippen molar-refractivity contribution in [2.45, 2.75) is 13.1 Å². The molecule has 0 bridgehead atoms. The molecule has 112 valence electrons. The summed E-state index contributed by atoms with van der Waals surface area (Å²) in [4.78, 5) is 11.3. The van der Waals surface area contributed by atoms with Crippen molar-refractivity contribution >= 4 is 5.91 Å². The smallest absolute Gasteiger partial charge is 0.241 e. The fourth-order valence-electron chi connectivity index (χ4n) is 2.19. The quantitative estimate of drug-likeness (QED) is 0.776. The Hall–Kier alpha value is -2.89. The van der Waals surface area contributed by atoms with Crippen molar-refractivity contribution in [1.29, 1.82) is 0 Å². The molecule has 0 fully saturated rings. The summed E-state index contributed by atoms with van der Waals surface area (Å²) in [7, 11) is 1.61. The standard InChI is InChI=1S/C16H17N5O/c1-17-16(22)12-21-11-15(8-19-21)14-7-18-20(10-14)9-13-5-3-2-4-6-13/h2-8,10-11H,9,12H2,1H3,(H,17,22). The lowest BCUT2D eigenvalue weighted by atomic mass is 10.2. The summed E-state index contributed by atoms with van der Waals surface area (Å²) in [6.07, 6.45) is 7.38. The van der Waals surface area contributed by atoms with E-state index in [2.05, 4.69) is 27.6 Å². The molecule has 0 aliphatic carbocycles. The summed E-state index contributed by atoms with van der Waals surface area (Å²) in [5.74, 6) is -0.0746. The van der Waals surface area contributed by atoms with Gasteiger partial charge in [0.15, 0.2) is 0 Å². The van der Waals surface area contributed by atoms with Gasteiger partial charge in [-0.2, -0.15) is 10.2 Å². The van der Waals surface area contributed by atoms with Gasteiger partial charge >= 0.3 is 0 Å². The summed E-state index contributed by atoms with van der Waals surface area (Å²) in [5, 5.41) is 11.1. The normalized spacial score (nSPS) is 10.6. The molecule has 0 radical (unpaired) electrons. The number of carbonyl (C=O) groups is 1. The third kappa shape index (κ3) is 3.22. The Balaban J connectivity index is 1.72. The first-order chi connectivity index (χ1) is 10.7. The lowest BCUT2D eigenvalue weighted by molar-refractivity contribution is -0.121. The fraction of sp³-hybridized carbons (Fsp3) is 0.188. The minimum absolute atomic E-state index is 0.0746. The highest BCUT2D eigenvalue weighted by atomic mass is 16.1. The van der Waals surface area contributed by atoms with Crippen LogP contribution in [0.5, 0.6) is 0 Å². The van der Waals surface area contributed by atoms with E-state index in [0.717, 1.165) is 17.7 Å². The van der Waals surface area contributed by atoms with Crippen molar-refractivity contribution in [3.05, 3.63) is 60.7 Å². The number of rotatable bonds is 5. The topological polar surface area (TPSA) is 64.7 Å². The Bertz CT molecular complexity index is 760. The van der Waals surface area contributed by atoms with Gasteiger partial charge in [-0.15, -0.1) is 0 Å². The molecule has 0 saturated carbocycles. The Morgan fingerprint density at radius 3 is 2.36 bits per heavy atom. The van der Waals surface area contributed by atoms with E-state index in [0.29, 0.717) is 0 Å². The second-order valence-electron chi connectivity index (χ2n) is 5.01. The SMILES string of the molecule is CNC(=O)Cn1cc(-c2cnn(Cc3ccccc3)c2)cn1. The van der Waals surface area contributed by atoms with E-state index in [1.165, 1.54) is 5.56 Å². The minimum Gasteiger partial charge on any atom is -0.358 e. The van der Waals surface area contributed by atoms with Crippen molar-refractivity contribution in [2.75, 3.05) is 7.05 Å². The number of aromatic nitrogens is 4. The molecule has 1 N–H and O–H groups in total. The highest BCUT2D eigenvalue weighted by molar-refractivity contribution is 5.75. The van der Waals surface area contributed by atoms with Gasteiger partial charge in [-0.3, -0.25) is 14.2 Å². The van der Waals surface area contributed by atoms with Crippen LogP contribution in [-0.2, 0) is 17.9 Å². The van der Waals surface area contributed by atoms with Crippen LogP contribution in [0.3, 0.4) is 0 Å². The van der Waals surface area contributed by atoms with E-state index in [1.807, 2.05) is 41.5 Å². The molecule has 0 aliphatic rings. The van der Waals surface area contributed by atoms with E-state index in [4.69, 9.17) is 0 Å². The fourth-order valence-corrected chi connectivity index (χ4v) is 2.19. The number of hydrogen-bond donors (Lipinski definition) is 1. The van der Waals surface area contributed by atoms with E-state index in [1.54, 1.807) is 17.9 Å². The monoisotopic (exact) mass is 295 g/mol. The number of hydrogen-bond acceptors (Lipinski definition) is 3. The van der Waals surface area contributed by atoms with Crippen LogP contribution in [-0.4, -0.2) is 32.5 Å². The van der Waals surface area contributed by atoms with Gasteiger partial charge in [-0.1, -0.05) is 30.3 Å². The maximum atomic E-state index is 11.3.